The second kappa shape index (κ2) is 8.26. The van der Waals surface area contributed by atoms with Gasteiger partial charge in [-0.1, -0.05) is 12.1 Å². The fraction of sp³-hybridized carbons (Fsp3) is 0.682. The molecule has 1 aromatic carbocycles. The molecule has 7 heteroatoms. The summed E-state index contributed by atoms with van der Waals surface area (Å²) in [5.74, 6) is 0.164. The summed E-state index contributed by atoms with van der Waals surface area (Å²) in [7, 11) is 0. The normalized spacial score (nSPS) is 23.1. The number of hydrogen-bond donors (Lipinski definition) is 0. The molecule has 1 aliphatic heterocycles. The molecule has 0 amide bonds. The summed E-state index contributed by atoms with van der Waals surface area (Å²) in [4.78, 5) is 16.6. The van der Waals surface area contributed by atoms with E-state index in [4.69, 9.17) is 4.74 Å². The molecule has 0 bridgehead atoms. The predicted octanol–water partition coefficient (Wildman–Crippen LogP) is 4.50. The number of ether oxygens (including phenoxy) is 1. The van der Waals surface area contributed by atoms with Crippen LogP contribution in [0.25, 0.3) is 0 Å². The number of hydrogen-bond acceptors (Lipinski definition) is 4. The maximum atomic E-state index is 13.2. The van der Waals surface area contributed by atoms with E-state index in [1.807, 2.05) is 26.8 Å². The Labute approximate surface area is 171 Å². The maximum Gasteiger partial charge on any atom is 0.416 e. The Morgan fingerprint density at radius 1 is 1.21 bits per heavy atom. The van der Waals surface area contributed by atoms with Crippen LogP contribution in [0.5, 0.6) is 0 Å². The van der Waals surface area contributed by atoms with Crippen LogP contribution in [-0.2, 0) is 15.7 Å². The molecule has 0 spiro atoms. The van der Waals surface area contributed by atoms with E-state index in [9.17, 15) is 18.0 Å². The number of esters is 1. The van der Waals surface area contributed by atoms with Crippen molar-refractivity contribution in [3.63, 3.8) is 0 Å². The van der Waals surface area contributed by atoms with Gasteiger partial charge in [0.2, 0.25) is 0 Å². The summed E-state index contributed by atoms with van der Waals surface area (Å²) >= 11 is 0. The van der Waals surface area contributed by atoms with Crippen molar-refractivity contribution in [3.05, 3.63) is 35.4 Å². The summed E-state index contributed by atoms with van der Waals surface area (Å²) in [5, 5.41) is 0. The molecule has 1 saturated heterocycles. The summed E-state index contributed by atoms with van der Waals surface area (Å²) in [6.07, 6.45) is -2.23. The largest absolute Gasteiger partial charge is 0.459 e. The van der Waals surface area contributed by atoms with Gasteiger partial charge in [0.25, 0.3) is 0 Å². The molecular weight excluding hydrogens is 381 g/mol. The average molecular weight is 412 g/mol. The van der Waals surface area contributed by atoms with Crippen molar-refractivity contribution in [1.29, 1.82) is 0 Å². The van der Waals surface area contributed by atoms with E-state index in [-0.39, 0.29) is 24.6 Å². The topological polar surface area (TPSA) is 32.8 Å². The van der Waals surface area contributed by atoms with Gasteiger partial charge in [-0.15, -0.1) is 0 Å². The number of carbonyl (C=O) groups excluding carboxylic acids is 1. The van der Waals surface area contributed by atoms with Crippen molar-refractivity contribution in [1.82, 2.24) is 9.80 Å². The number of rotatable bonds is 5. The lowest BCUT2D eigenvalue weighted by Crippen LogP contribution is -2.54. The Balaban J connectivity index is 1.68. The Kier molecular flexibility index (Phi) is 6.30. The van der Waals surface area contributed by atoms with Crippen LogP contribution in [0.1, 0.15) is 57.7 Å². The molecule has 0 N–H and O–H groups in total. The minimum Gasteiger partial charge on any atom is -0.459 e. The van der Waals surface area contributed by atoms with E-state index in [1.165, 1.54) is 12.1 Å². The van der Waals surface area contributed by atoms with Gasteiger partial charge in [-0.3, -0.25) is 14.6 Å². The SMILES string of the molecule is CC1CN([C@@H](c2cccc(C(F)(F)F)c2)C2CC2)CCN1CC(=O)OC(C)(C)C. The third kappa shape index (κ3) is 5.95. The first-order chi connectivity index (χ1) is 13.4. The molecule has 0 aromatic heterocycles. The van der Waals surface area contributed by atoms with Gasteiger partial charge in [0, 0.05) is 31.7 Å². The Morgan fingerprint density at radius 2 is 1.90 bits per heavy atom. The molecule has 1 aliphatic carbocycles. The van der Waals surface area contributed by atoms with Crippen molar-refractivity contribution in [2.45, 2.75) is 64.4 Å². The van der Waals surface area contributed by atoms with Gasteiger partial charge in [-0.2, -0.15) is 13.2 Å². The van der Waals surface area contributed by atoms with Gasteiger partial charge in [0.15, 0.2) is 0 Å². The van der Waals surface area contributed by atoms with Crippen LogP contribution in [-0.4, -0.2) is 53.6 Å². The molecule has 1 aromatic rings. The maximum absolute atomic E-state index is 13.2. The van der Waals surface area contributed by atoms with E-state index in [0.29, 0.717) is 12.5 Å². The number of benzene rings is 1. The molecule has 162 valence electrons. The molecule has 1 unspecified atom stereocenters. The molecule has 1 heterocycles. The first kappa shape index (κ1) is 22.1. The van der Waals surface area contributed by atoms with Crippen LogP contribution >= 0.6 is 0 Å². The third-order valence-electron chi connectivity index (χ3n) is 5.57. The molecule has 2 aliphatic rings. The van der Waals surface area contributed by atoms with Gasteiger partial charge in [-0.25, -0.2) is 0 Å². The van der Waals surface area contributed by atoms with Gasteiger partial charge in [-0.05, 0) is 64.2 Å². The lowest BCUT2D eigenvalue weighted by Gasteiger charge is -2.43. The highest BCUT2D eigenvalue weighted by molar-refractivity contribution is 5.72. The summed E-state index contributed by atoms with van der Waals surface area (Å²) in [6.45, 7) is 9.99. The molecule has 1 saturated carbocycles. The lowest BCUT2D eigenvalue weighted by molar-refractivity contribution is -0.157. The van der Waals surface area contributed by atoms with E-state index in [0.717, 1.165) is 37.6 Å². The Morgan fingerprint density at radius 3 is 2.45 bits per heavy atom. The highest BCUT2D eigenvalue weighted by atomic mass is 19.4. The van der Waals surface area contributed by atoms with Gasteiger partial charge < -0.3 is 4.74 Å². The zero-order chi connectivity index (χ0) is 21.4. The second-order valence-corrected chi connectivity index (χ2v) is 9.31. The number of halogens is 3. The number of alkyl halides is 3. The van der Waals surface area contributed by atoms with Crippen molar-refractivity contribution in [2.24, 2.45) is 5.92 Å². The van der Waals surface area contributed by atoms with Gasteiger partial charge >= 0.3 is 12.1 Å². The van der Waals surface area contributed by atoms with Crippen LogP contribution in [0.4, 0.5) is 13.2 Å². The summed E-state index contributed by atoms with van der Waals surface area (Å²) < 4.78 is 45.0. The van der Waals surface area contributed by atoms with E-state index in [1.54, 1.807) is 0 Å². The monoisotopic (exact) mass is 412 g/mol. The molecular formula is C22H31F3N2O2. The van der Waals surface area contributed by atoms with E-state index >= 15 is 0 Å². The van der Waals surface area contributed by atoms with Crippen molar-refractivity contribution < 1.29 is 22.7 Å². The quantitative estimate of drug-likeness (QED) is 0.667. The smallest absolute Gasteiger partial charge is 0.416 e. The van der Waals surface area contributed by atoms with Crippen LogP contribution in [0.2, 0.25) is 0 Å². The van der Waals surface area contributed by atoms with Crippen molar-refractivity contribution in [3.8, 4) is 0 Å². The number of carbonyl (C=O) groups is 1. The van der Waals surface area contributed by atoms with Gasteiger partial charge in [0.05, 0.1) is 12.1 Å². The first-order valence-corrected chi connectivity index (χ1v) is 10.3. The van der Waals surface area contributed by atoms with E-state index < -0.39 is 17.3 Å². The fourth-order valence-electron chi connectivity index (χ4n) is 4.14. The average Bonchev–Trinajstić information content (AvgIpc) is 3.40. The van der Waals surface area contributed by atoms with Crippen molar-refractivity contribution in [2.75, 3.05) is 26.2 Å². The van der Waals surface area contributed by atoms with Crippen molar-refractivity contribution >= 4 is 5.97 Å². The highest BCUT2D eigenvalue weighted by Crippen LogP contribution is 2.46. The Hall–Kier alpha value is -1.60. The van der Waals surface area contributed by atoms with Crippen LogP contribution in [0.15, 0.2) is 24.3 Å². The predicted molar refractivity (Wildman–Crippen MR) is 105 cm³/mol. The fourth-order valence-corrected chi connectivity index (χ4v) is 4.14. The molecule has 4 nitrogen and oxygen atoms in total. The minimum absolute atomic E-state index is 0.00317. The second-order valence-electron chi connectivity index (χ2n) is 9.31. The molecule has 0 radical (unpaired) electrons. The lowest BCUT2D eigenvalue weighted by atomic mass is 9.96. The zero-order valence-electron chi connectivity index (χ0n) is 17.6. The highest BCUT2D eigenvalue weighted by Gasteiger charge is 2.40. The van der Waals surface area contributed by atoms with Crippen LogP contribution < -0.4 is 0 Å². The first-order valence-electron chi connectivity index (χ1n) is 10.3. The minimum atomic E-state index is -4.33. The Bertz CT molecular complexity index is 726. The molecule has 3 rings (SSSR count). The zero-order valence-corrected chi connectivity index (χ0v) is 17.6. The molecule has 29 heavy (non-hydrogen) atoms. The van der Waals surface area contributed by atoms with E-state index in [2.05, 4.69) is 16.7 Å². The summed E-state index contributed by atoms with van der Waals surface area (Å²) in [6, 6.07) is 5.90. The molecule has 2 atom stereocenters. The van der Waals surface area contributed by atoms with Crippen LogP contribution in [0, 0.1) is 5.92 Å². The molecule has 2 fully saturated rings. The third-order valence-corrected chi connectivity index (χ3v) is 5.57. The van der Waals surface area contributed by atoms with Crippen LogP contribution in [0.3, 0.4) is 0 Å². The summed E-state index contributed by atoms with van der Waals surface area (Å²) in [5.41, 5.74) is -0.352. The standard InChI is InChI=1S/C22H31F3N2O2/c1-15-13-27(11-10-26(15)14-19(28)29-21(2,3)4)20(16-8-9-16)17-6-5-7-18(12-17)22(23,24)25/h5-7,12,15-16,20H,8-11,13-14H2,1-4H3/t15?,20-/m1/s1. The van der Waals surface area contributed by atoms with Gasteiger partial charge in [0.1, 0.15) is 5.60 Å². The number of nitrogens with zero attached hydrogens (tertiary/aromatic N) is 2. The number of piperazine rings is 1.